The predicted octanol–water partition coefficient (Wildman–Crippen LogP) is 2.68. The van der Waals surface area contributed by atoms with Gasteiger partial charge in [0, 0.05) is 12.6 Å². The molecule has 1 rings (SSSR count). The normalized spacial score (nSPS) is 15.4. The molecule has 0 spiro atoms. The summed E-state index contributed by atoms with van der Waals surface area (Å²) in [6, 6.07) is 0.213. The molecule has 92 valence electrons. The molecule has 0 aliphatic heterocycles. The topological polar surface area (TPSA) is 47.3 Å². The summed E-state index contributed by atoms with van der Waals surface area (Å²) in [4.78, 5) is 0. The molecule has 0 aromatic carbocycles. The Bertz CT molecular complexity index is 339. The highest BCUT2D eigenvalue weighted by Gasteiger charge is 2.24. The first-order chi connectivity index (χ1) is 7.49. The van der Waals surface area contributed by atoms with Crippen molar-refractivity contribution in [2.24, 2.45) is 0 Å². The summed E-state index contributed by atoms with van der Waals surface area (Å²) >= 11 is 3.41. The number of halogens is 1. The van der Waals surface area contributed by atoms with Gasteiger partial charge in [-0.25, -0.2) is 0 Å². The number of hydrogen-bond acceptors (Lipinski definition) is 3. The summed E-state index contributed by atoms with van der Waals surface area (Å²) in [5.74, 6) is 0. The Morgan fingerprint density at radius 3 is 2.62 bits per heavy atom. The molecule has 0 bridgehead atoms. The number of ether oxygens (including phenoxy) is 1. The number of aliphatic hydroxyl groups excluding tert-OH is 1. The standard InChI is InChI=1S/C11H19BrN2O2/c1-5-16-8(4)11(15)10-9(12)6-13-14(10)7(2)3/h6-8,11,15H,5H2,1-4H3. The molecule has 0 saturated carbocycles. The van der Waals surface area contributed by atoms with Crippen molar-refractivity contribution in [2.45, 2.75) is 45.9 Å². The summed E-state index contributed by atoms with van der Waals surface area (Å²) in [7, 11) is 0. The zero-order chi connectivity index (χ0) is 12.3. The van der Waals surface area contributed by atoms with Gasteiger partial charge in [0.25, 0.3) is 0 Å². The zero-order valence-electron chi connectivity index (χ0n) is 10.1. The lowest BCUT2D eigenvalue weighted by atomic mass is 10.1. The van der Waals surface area contributed by atoms with Gasteiger partial charge in [-0.3, -0.25) is 4.68 Å². The molecule has 1 heterocycles. The smallest absolute Gasteiger partial charge is 0.123 e. The molecule has 0 aliphatic carbocycles. The first-order valence-electron chi connectivity index (χ1n) is 5.51. The molecule has 1 N–H and O–H groups in total. The number of aromatic nitrogens is 2. The lowest BCUT2D eigenvalue weighted by Gasteiger charge is -2.21. The largest absolute Gasteiger partial charge is 0.384 e. The predicted molar refractivity (Wildman–Crippen MR) is 66.4 cm³/mol. The van der Waals surface area contributed by atoms with Gasteiger partial charge in [0.2, 0.25) is 0 Å². The van der Waals surface area contributed by atoms with Gasteiger partial charge in [0.15, 0.2) is 0 Å². The first kappa shape index (κ1) is 13.7. The van der Waals surface area contributed by atoms with E-state index in [-0.39, 0.29) is 12.1 Å². The SMILES string of the molecule is CCOC(C)C(O)c1c(Br)cnn1C(C)C. The molecular weight excluding hydrogens is 272 g/mol. The van der Waals surface area contributed by atoms with Gasteiger partial charge in [0.05, 0.1) is 22.5 Å². The minimum absolute atomic E-state index is 0.213. The minimum Gasteiger partial charge on any atom is -0.384 e. The fourth-order valence-electron chi connectivity index (χ4n) is 1.62. The van der Waals surface area contributed by atoms with Crippen molar-refractivity contribution in [3.63, 3.8) is 0 Å². The molecular formula is C11H19BrN2O2. The zero-order valence-corrected chi connectivity index (χ0v) is 11.7. The Morgan fingerprint density at radius 2 is 2.12 bits per heavy atom. The molecule has 16 heavy (non-hydrogen) atoms. The first-order valence-corrected chi connectivity index (χ1v) is 6.30. The van der Waals surface area contributed by atoms with Crippen LogP contribution in [-0.4, -0.2) is 27.6 Å². The Kier molecular flexibility index (Phi) is 4.95. The number of rotatable bonds is 5. The van der Waals surface area contributed by atoms with E-state index in [9.17, 15) is 5.11 Å². The van der Waals surface area contributed by atoms with Crippen LogP contribution in [0.5, 0.6) is 0 Å². The maximum absolute atomic E-state index is 10.2. The van der Waals surface area contributed by atoms with E-state index in [1.54, 1.807) is 6.20 Å². The Morgan fingerprint density at radius 1 is 1.50 bits per heavy atom. The van der Waals surface area contributed by atoms with Crippen LogP contribution in [0.1, 0.15) is 45.5 Å². The van der Waals surface area contributed by atoms with Crippen LogP contribution in [-0.2, 0) is 4.74 Å². The van der Waals surface area contributed by atoms with Gasteiger partial charge < -0.3 is 9.84 Å². The summed E-state index contributed by atoms with van der Waals surface area (Å²) in [6.07, 6.45) is 0.798. The van der Waals surface area contributed by atoms with Crippen molar-refractivity contribution in [2.75, 3.05) is 6.61 Å². The van der Waals surface area contributed by atoms with Crippen molar-refractivity contribution >= 4 is 15.9 Å². The summed E-state index contributed by atoms with van der Waals surface area (Å²) in [5.41, 5.74) is 0.774. The van der Waals surface area contributed by atoms with Crippen molar-refractivity contribution < 1.29 is 9.84 Å². The lowest BCUT2D eigenvalue weighted by Crippen LogP contribution is -2.23. The fraction of sp³-hybridized carbons (Fsp3) is 0.727. The van der Waals surface area contributed by atoms with Crippen LogP contribution in [0, 0.1) is 0 Å². The van der Waals surface area contributed by atoms with E-state index in [4.69, 9.17) is 4.74 Å². The van der Waals surface area contributed by atoms with E-state index >= 15 is 0 Å². The average Bonchev–Trinajstić information content (AvgIpc) is 2.59. The maximum atomic E-state index is 10.2. The highest BCUT2D eigenvalue weighted by Crippen LogP contribution is 2.28. The van der Waals surface area contributed by atoms with E-state index in [0.29, 0.717) is 6.61 Å². The summed E-state index contributed by atoms with van der Waals surface area (Å²) in [6.45, 7) is 8.42. The average molecular weight is 291 g/mol. The minimum atomic E-state index is -0.667. The molecule has 1 aromatic heterocycles. The van der Waals surface area contributed by atoms with Gasteiger partial charge >= 0.3 is 0 Å². The third-order valence-corrected chi connectivity index (χ3v) is 3.04. The summed E-state index contributed by atoms with van der Waals surface area (Å²) in [5, 5.41) is 14.4. The Labute approximate surface area is 105 Å². The molecule has 0 radical (unpaired) electrons. The van der Waals surface area contributed by atoms with E-state index in [0.717, 1.165) is 10.2 Å². The highest BCUT2D eigenvalue weighted by atomic mass is 79.9. The van der Waals surface area contributed by atoms with Gasteiger partial charge in [0.1, 0.15) is 6.10 Å². The van der Waals surface area contributed by atoms with Crippen LogP contribution >= 0.6 is 15.9 Å². The molecule has 1 aromatic rings. The van der Waals surface area contributed by atoms with Crippen LogP contribution in [0.4, 0.5) is 0 Å². The van der Waals surface area contributed by atoms with Gasteiger partial charge in [-0.1, -0.05) is 0 Å². The Hall–Kier alpha value is -0.390. The van der Waals surface area contributed by atoms with E-state index in [1.165, 1.54) is 0 Å². The van der Waals surface area contributed by atoms with Crippen LogP contribution in [0.2, 0.25) is 0 Å². The van der Waals surface area contributed by atoms with Crippen molar-refractivity contribution in [3.05, 3.63) is 16.4 Å². The second-order valence-corrected chi connectivity index (χ2v) is 4.88. The third kappa shape index (κ3) is 2.84. The quantitative estimate of drug-likeness (QED) is 0.907. The van der Waals surface area contributed by atoms with Crippen LogP contribution in [0.15, 0.2) is 10.7 Å². The molecule has 0 fully saturated rings. The molecule has 4 nitrogen and oxygen atoms in total. The summed E-state index contributed by atoms with van der Waals surface area (Å²) < 4.78 is 8.03. The second kappa shape index (κ2) is 5.80. The number of nitrogens with zero attached hydrogens (tertiary/aromatic N) is 2. The lowest BCUT2D eigenvalue weighted by molar-refractivity contribution is -0.0272. The number of hydrogen-bond donors (Lipinski definition) is 1. The molecule has 0 amide bonds. The van der Waals surface area contributed by atoms with Gasteiger partial charge in [-0.05, 0) is 43.6 Å². The maximum Gasteiger partial charge on any atom is 0.123 e. The van der Waals surface area contributed by atoms with Crippen molar-refractivity contribution in [1.82, 2.24) is 9.78 Å². The molecule has 5 heteroatoms. The highest BCUT2D eigenvalue weighted by molar-refractivity contribution is 9.10. The third-order valence-electron chi connectivity index (χ3n) is 2.43. The Balaban J connectivity index is 2.97. The van der Waals surface area contributed by atoms with Crippen LogP contribution < -0.4 is 0 Å². The van der Waals surface area contributed by atoms with Crippen molar-refractivity contribution in [3.8, 4) is 0 Å². The second-order valence-electron chi connectivity index (χ2n) is 4.02. The molecule has 2 atom stereocenters. The monoisotopic (exact) mass is 290 g/mol. The van der Waals surface area contributed by atoms with E-state index < -0.39 is 6.10 Å². The number of aliphatic hydroxyl groups is 1. The molecule has 0 aliphatic rings. The fourth-order valence-corrected chi connectivity index (χ4v) is 2.12. The van der Waals surface area contributed by atoms with Crippen LogP contribution in [0.3, 0.4) is 0 Å². The van der Waals surface area contributed by atoms with Crippen LogP contribution in [0.25, 0.3) is 0 Å². The van der Waals surface area contributed by atoms with E-state index in [1.807, 2.05) is 32.4 Å². The van der Waals surface area contributed by atoms with Gasteiger partial charge in [-0.15, -0.1) is 0 Å². The van der Waals surface area contributed by atoms with Crippen molar-refractivity contribution in [1.29, 1.82) is 0 Å². The molecule has 0 saturated heterocycles. The van der Waals surface area contributed by atoms with Gasteiger partial charge in [-0.2, -0.15) is 5.10 Å². The molecule has 2 unspecified atom stereocenters. The van der Waals surface area contributed by atoms with E-state index in [2.05, 4.69) is 21.0 Å².